The number of carbonyl (C=O) groups excluding carboxylic acids is 2. The third kappa shape index (κ3) is 5.08. The molecular weight excluding hydrogens is 368 g/mol. The first-order chi connectivity index (χ1) is 14.0. The average molecular weight is 396 g/mol. The molecule has 3 rings (SSSR count). The zero-order chi connectivity index (χ0) is 20.8. The lowest BCUT2D eigenvalue weighted by Gasteiger charge is -2.22. The first kappa shape index (κ1) is 20.7. The van der Waals surface area contributed by atoms with Gasteiger partial charge in [0.1, 0.15) is 0 Å². The molecule has 0 bridgehead atoms. The quantitative estimate of drug-likeness (QED) is 0.780. The van der Waals surface area contributed by atoms with Gasteiger partial charge in [0.2, 0.25) is 5.91 Å². The van der Waals surface area contributed by atoms with E-state index < -0.39 is 0 Å². The van der Waals surface area contributed by atoms with E-state index in [1.807, 2.05) is 36.1 Å². The van der Waals surface area contributed by atoms with Crippen LogP contribution in [0.4, 0.5) is 0 Å². The van der Waals surface area contributed by atoms with Crippen molar-refractivity contribution in [3.8, 4) is 11.5 Å². The molecule has 0 radical (unpaired) electrons. The summed E-state index contributed by atoms with van der Waals surface area (Å²) >= 11 is 0. The summed E-state index contributed by atoms with van der Waals surface area (Å²) in [6.45, 7) is 4.39. The Bertz CT molecular complexity index is 864. The van der Waals surface area contributed by atoms with E-state index in [9.17, 15) is 9.59 Å². The Balaban J connectivity index is 1.62. The highest BCUT2D eigenvalue weighted by Crippen LogP contribution is 2.28. The molecule has 0 atom stereocenters. The van der Waals surface area contributed by atoms with Gasteiger partial charge in [-0.25, -0.2) is 0 Å². The molecule has 1 aliphatic heterocycles. The van der Waals surface area contributed by atoms with Crippen LogP contribution in [0.25, 0.3) is 0 Å². The van der Waals surface area contributed by atoms with Crippen LogP contribution in [-0.2, 0) is 11.2 Å². The number of benzene rings is 2. The molecule has 1 saturated heterocycles. The third-order valence-electron chi connectivity index (χ3n) is 5.24. The summed E-state index contributed by atoms with van der Waals surface area (Å²) in [4.78, 5) is 29.3. The number of hydrogen-bond acceptors (Lipinski definition) is 4. The van der Waals surface area contributed by atoms with Crippen molar-refractivity contribution in [2.75, 3.05) is 40.4 Å². The molecule has 6 nitrogen and oxygen atoms in total. The van der Waals surface area contributed by atoms with Gasteiger partial charge in [-0.2, -0.15) is 0 Å². The van der Waals surface area contributed by atoms with Crippen molar-refractivity contribution in [2.45, 2.75) is 19.8 Å². The maximum absolute atomic E-state index is 12.9. The molecule has 6 heteroatoms. The standard InChI is InChI=1S/C23H28N2O4/c1-17-5-7-18(8-6-17)15-22(26)24-11-4-12-25(14-13-24)23(27)19-9-10-20(28-2)21(16-19)29-3/h5-10,16H,4,11-15H2,1-3H3. The van der Waals surface area contributed by atoms with Crippen molar-refractivity contribution in [1.29, 1.82) is 0 Å². The SMILES string of the molecule is COc1ccc(C(=O)N2CCCN(C(=O)Cc3ccc(C)cc3)CC2)cc1OC. The summed E-state index contributed by atoms with van der Waals surface area (Å²) in [7, 11) is 3.12. The molecule has 0 N–H and O–H groups in total. The van der Waals surface area contributed by atoms with Gasteiger partial charge in [0.05, 0.1) is 20.6 Å². The van der Waals surface area contributed by atoms with Crippen LogP contribution in [0.2, 0.25) is 0 Å². The molecule has 1 aliphatic rings. The smallest absolute Gasteiger partial charge is 0.254 e. The van der Waals surface area contributed by atoms with Crippen LogP contribution in [0.3, 0.4) is 0 Å². The van der Waals surface area contributed by atoms with Gasteiger partial charge in [-0.1, -0.05) is 29.8 Å². The van der Waals surface area contributed by atoms with Gasteiger partial charge < -0.3 is 19.3 Å². The number of hydrogen-bond donors (Lipinski definition) is 0. The highest BCUT2D eigenvalue weighted by molar-refractivity contribution is 5.95. The molecule has 0 saturated carbocycles. The minimum absolute atomic E-state index is 0.0567. The summed E-state index contributed by atoms with van der Waals surface area (Å²) < 4.78 is 10.5. The van der Waals surface area contributed by atoms with E-state index >= 15 is 0 Å². The van der Waals surface area contributed by atoms with E-state index in [0.717, 1.165) is 12.0 Å². The molecule has 1 heterocycles. The second kappa shape index (κ2) is 9.45. The molecule has 2 aromatic rings. The normalized spacial score (nSPS) is 14.3. The monoisotopic (exact) mass is 396 g/mol. The van der Waals surface area contributed by atoms with Crippen LogP contribution < -0.4 is 9.47 Å². The maximum atomic E-state index is 12.9. The molecule has 0 unspecified atom stereocenters. The van der Waals surface area contributed by atoms with Crippen LogP contribution in [0, 0.1) is 6.92 Å². The van der Waals surface area contributed by atoms with Gasteiger partial charge in [-0.15, -0.1) is 0 Å². The minimum atomic E-state index is -0.0567. The summed E-state index contributed by atoms with van der Waals surface area (Å²) in [6, 6.07) is 13.2. The topological polar surface area (TPSA) is 59.1 Å². The van der Waals surface area contributed by atoms with E-state index in [0.29, 0.717) is 49.7 Å². The Hall–Kier alpha value is -3.02. The van der Waals surface area contributed by atoms with E-state index in [4.69, 9.17) is 9.47 Å². The van der Waals surface area contributed by atoms with E-state index in [2.05, 4.69) is 0 Å². The highest BCUT2D eigenvalue weighted by Gasteiger charge is 2.23. The first-order valence-electron chi connectivity index (χ1n) is 9.86. The van der Waals surface area contributed by atoms with Crippen molar-refractivity contribution in [2.24, 2.45) is 0 Å². The largest absolute Gasteiger partial charge is 0.493 e. The number of carbonyl (C=O) groups is 2. The molecule has 154 valence electrons. The predicted octanol–water partition coefficient (Wildman–Crippen LogP) is 2.93. The molecule has 0 spiro atoms. The number of methoxy groups -OCH3 is 2. The van der Waals surface area contributed by atoms with Gasteiger partial charge in [-0.3, -0.25) is 9.59 Å². The van der Waals surface area contributed by atoms with Gasteiger partial charge >= 0.3 is 0 Å². The number of aryl methyl sites for hydroxylation is 1. The Kier molecular flexibility index (Phi) is 6.75. The maximum Gasteiger partial charge on any atom is 0.254 e. The average Bonchev–Trinajstić information content (AvgIpc) is 3.00. The van der Waals surface area contributed by atoms with E-state index in [1.54, 1.807) is 37.3 Å². The van der Waals surface area contributed by atoms with Gasteiger partial charge in [-0.05, 0) is 37.1 Å². The fraction of sp³-hybridized carbons (Fsp3) is 0.391. The van der Waals surface area contributed by atoms with Crippen LogP contribution in [-0.4, -0.2) is 62.0 Å². The van der Waals surface area contributed by atoms with Crippen LogP contribution in [0.1, 0.15) is 27.9 Å². The lowest BCUT2D eigenvalue weighted by molar-refractivity contribution is -0.130. The molecule has 29 heavy (non-hydrogen) atoms. The third-order valence-corrected chi connectivity index (χ3v) is 5.24. The van der Waals surface area contributed by atoms with Crippen LogP contribution >= 0.6 is 0 Å². The molecule has 1 fully saturated rings. The van der Waals surface area contributed by atoms with Gasteiger partial charge in [0, 0.05) is 31.7 Å². The molecule has 2 amide bonds. The van der Waals surface area contributed by atoms with Gasteiger partial charge in [0.15, 0.2) is 11.5 Å². The number of rotatable bonds is 5. The second-order valence-electron chi connectivity index (χ2n) is 7.26. The van der Waals surface area contributed by atoms with E-state index in [-0.39, 0.29) is 11.8 Å². The van der Waals surface area contributed by atoms with E-state index in [1.165, 1.54) is 5.56 Å². The Morgan fingerprint density at radius 1 is 0.862 bits per heavy atom. The van der Waals surface area contributed by atoms with Crippen molar-refractivity contribution < 1.29 is 19.1 Å². The summed E-state index contributed by atoms with van der Waals surface area (Å²) in [5.74, 6) is 1.17. The summed E-state index contributed by atoms with van der Waals surface area (Å²) in [6.07, 6.45) is 1.16. The first-order valence-corrected chi connectivity index (χ1v) is 9.86. The lowest BCUT2D eigenvalue weighted by atomic mass is 10.1. The Labute approximate surface area is 172 Å². The fourth-order valence-corrected chi connectivity index (χ4v) is 3.51. The minimum Gasteiger partial charge on any atom is -0.493 e. The van der Waals surface area contributed by atoms with Crippen molar-refractivity contribution >= 4 is 11.8 Å². The van der Waals surface area contributed by atoms with Crippen LogP contribution in [0.15, 0.2) is 42.5 Å². The van der Waals surface area contributed by atoms with Crippen LogP contribution in [0.5, 0.6) is 11.5 Å². The lowest BCUT2D eigenvalue weighted by Crippen LogP contribution is -2.38. The highest BCUT2D eigenvalue weighted by atomic mass is 16.5. The number of nitrogens with zero attached hydrogens (tertiary/aromatic N) is 2. The van der Waals surface area contributed by atoms with Gasteiger partial charge in [0.25, 0.3) is 5.91 Å². The zero-order valence-corrected chi connectivity index (χ0v) is 17.3. The second-order valence-corrected chi connectivity index (χ2v) is 7.26. The molecular formula is C23H28N2O4. The summed E-state index contributed by atoms with van der Waals surface area (Å²) in [5.41, 5.74) is 2.76. The predicted molar refractivity (Wildman–Crippen MR) is 112 cm³/mol. The molecule has 2 aromatic carbocycles. The summed E-state index contributed by atoms with van der Waals surface area (Å²) in [5, 5.41) is 0. The van der Waals surface area contributed by atoms with Crippen molar-refractivity contribution in [3.63, 3.8) is 0 Å². The number of amides is 2. The fourth-order valence-electron chi connectivity index (χ4n) is 3.51. The van der Waals surface area contributed by atoms with Crippen molar-refractivity contribution in [1.82, 2.24) is 9.80 Å². The number of ether oxygens (including phenoxy) is 2. The molecule has 0 aromatic heterocycles. The zero-order valence-electron chi connectivity index (χ0n) is 17.3. The van der Waals surface area contributed by atoms with Crippen molar-refractivity contribution in [3.05, 3.63) is 59.2 Å². The Morgan fingerprint density at radius 3 is 2.21 bits per heavy atom. The molecule has 0 aliphatic carbocycles. The Morgan fingerprint density at radius 2 is 1.52 bits per heavy atom.